The Labute approximate surface area is 57.7 Å². The van der Waals surface area contributed by atoms with Crippen LogP contribution in [0.15, 0.2) is 37.8 Å². The third-order valence-corrected chi connectivity index (χ3v) is 0. The van der Waals surface area contributed by atoms with Crippen LogP contribution in [-0.4, -0.2) is 0 Å². The van der Waals surface area contributed by atoms with E-state index in [0.717, 1.165) is 0 Å². The summed E-state index contributed by atoms with van der Waals surface area (Å²) >= 11 is 0. The van der Waals surface area contributed by atoms with Gasteiger partial charge in [-0.2, -0.15) is 0 Å². The molecule has 0 aliphatic heterocycles. The van der Waals surface area contributed by atoms with Gasteiger partial charge in [0.05, 0.1) is 0 Å². The van der Waals surface area contributed by atoms with Gasteiger partial charge in [0.15, 0.2) is 0 Å². The van der Waals surface area contributed by atoms with Gasteiger partial charge in [-0.15, -0.1) is 11.5 Å². The first-order chi connectivity index (χ1) is 2.83. The molecule has 0 bridgehead atoms. The van der Waals surface area contributed by atoms with Gasteiger partial charge in [-0.25, -0.2) is 0 Å². The van der Waals surface area contributed by atoms with Gasteiger partial charge >= 0.3 is 0 Å². The molecule has 1 heteroatoms. The van der Waals surface area contributed by atoms with Gasteiger partial charge in [-0.05, 0) is 0 Å². The molecule has 0 unspecified atom stereocenters. The van der Waals surface area contributed by atoms with Gasteiger partial charge in [0.25, 0.3) is 0 Å². The Kier molecular flexibility index (Phi) is 101. The number of rotatable bonds is 0. The molecule has 0 aliphatic carbocycles. The molecule has 0 radical (unpaired) electrons. The van der Waals surface area contributed by atoms with E-state index in [0.29, 0.717) is 0 Å². The zero-order valence-corrected chi connectivity index (χ0v) is 5.92. The van der Waals surface area contributed by atoms with Crippen LogP contribution < -0.4 is 0 Å². The van der Waals surface area contributed by atoms with Crippen LogP contribution in [0, 0.1) is 0 Å². The van der Waals surface area contributed by atoms with Crippen molar-refractivity contribution in [3.63, 3.8) is 0 Å². The van der Waals surface area contributed by atoms with E-state index in [4.69, 9.17) is 0 Å². The average molecular weight is 181 g/mol. The Morgan fingerprint density at radius 1 is 0.714 bits per heavy atom. The predicted octanol–water partition coefficient (Wildman–Crippen LogP) is 1.91. The SMILES string of the molecule is C=C=C.C=C=C.[Ru]. The van der Waals surface area contributed by atoms with Crippen molar-refractivity contribution >= 4 is 0 Å². The van der Waals surface area contributed by atoms with Crippen molar-refractivity contribution in [3.8, 4) is 0 Å². The van der Waals surface area contributed by atoms with Crippen molar-refractivity contribution < 1.29 is 19.5 Å². The van der Waals surface area contributed by atoms with E-state index in [9.17, 15) is 0 Å². The third kappa shape index (κ3) is 671. The molecule has 0 saturated carbocycles. The zero-order valence-electron chi connectivity index (χ0n) is 4.18. The Morgan fingerprint density at radius 2 is 0.714 bits per heavy atom. The predicted molar refractivity (Wildman–Crippen MR) is 29.5 cm³/mol. The molecule has 40 valence electrons. The van der Waals surface area contributed by atoms with Crippen LogP contribution in [-0.2, 0) is 19.5 Å². The summed E-state index contributed by atoms with van der Waals surface area (Å²) in [6.45, 7) is 12.5. The Balaban J connectivity index is -0.0000000400. The van der Waals surface area contributed by atoms with Crippen LogP contribution in [0.3, 0.4) is 0 Å². The first kappa shape index (κ1) is 15.9. The maximum Gasteiger partial charge on any atom is 0 e. The Hall–Kier alpha value is -0.337. The van der Waals surface area contributed by atoms with Crippen molar-refractivity contribution in [2.45, 2.75) is 0 Å². The fourth-order valence-electron chi connectivity index (χ4n) is 0. The standard InChI is InChI=1S/2C3H4.Ru/c2*1-3-2;/h2*1-2H2;. The molecule has 0 aromatic heterocycles. The van der Waals surface area contributed by atoms with Crippen molar-refractivity contribution in [1.29, 1.82) is 0 Å². The van der Waals surface area contributed by atoms with Crippen molar-refractivity contribution in [3.05, 3.63) is 37.8 Å². The van der Waals surface area contributed by atoms with Crippen LogP contribution >= 0.6 is 0 Å². The monoisotopic (exact) mass is 182 g/mol. The van der Waals surface area contributed by atoms with Gasteiger partial charge < -0.3 is 0 Å². The summed E-state index contributed by atoms with van der Waals surface area (Å²) in [7, 11) is 0. The normalized spacial score (nSPS) is 2.29. The van der Waals surface area contributed by atoms with E-state index in [1.165, 1.54) is 0 Å². The van der Waals surface area contributed by atoms with Gasteiger partial charge in [0.2, 0.25) is 0 Å². The molecule has 0 nitrogen and oxygen atoms in total. The first-order valence-electron chi connectivity index (χ1n) is 1.41. The van der Waals surface area contributed by atoms with E-state index in [1.807, 2.05) is 0 Å². The van der Waals surface area contributed by atoms with Crippen LogP contribution in [0.25, 0.3) is 0 Å². The molecule has 0 fully saturated rings. The number of hydrogen-bond acceptors (Lipinski definition) is 0. The molecule has 0 saturated heterocycles. The summed E-state index contributed by atoms with van der Waals surface area (Å²) in [5, 5.41) is 0. The summed E-state index contributed by atoms with van der Waals surface area (Å²) in [4.78, 5) is 0. The molecule has 0 amide bonds. The van der Waals surface area contributed by atoms with Crippen molar-refractivity contribution in [2.24, 2.45) is 0 Å². The summed E-state index contributed by atoms with van der Waals surface area (Å²) in [6, 6.07) is 0. The zero-order chi connectivity index (χ0) is 5.41. The minimum atomic E-state index is 0. The second kappa shape index (κ2) is 44.5. The molecular formula is C6H8Ru. The van der Waals surface area contributed by atoms with E-state index in [1.54, 1.807) is 0 Å². The van der Waals surface area contributed by atoms with Crippen LogP contribution in [0.4, 0.5) is 0 Å². The number of hydrogen-bond donors (Lipinski definition) is 0. The second-order valence-corrected chi connectivity index (χ2v) is 0.500. The Bertz CT molecular complexity index is 58.2. The molecule has 0 aromatic carbocycles. The summed E-state index contributed by atoms with van der Waals surface area (Å²) in [5.41, 5.74) is 4.50. The summed E-state index contributed by atoms with van der Waals surface area (Å²) in [6.07, 6.45) is 0. The fraction of sp³-hybridized carbons (Fsp3) is 0. The quantitative estimate of drug-likeness (QED) is 0.395. The summed E-state index contributed by atoms with van der Waals surface area (Å²) in [5.74, 6) is 0. The molecule has 0 atom stereocenters. The Morgan fingerprint density at radius 3 is 0.714 bits per heavy atom. The summed E-state index contributed by atoms with van der Waals surface area (Å²) < 4.78 is 0. The maximum absolute atomic E-state index is 3.12. The van der Waals surface area contributed by atoms with Crippen LogP contribution in [0.1, 0.15) is 0 Å². The fourth-order valence-corrected chi connectivity index (χ4v) is 0. The maximum atomic E-state index is 3.12. The molecule has 0 heterocycles. The van der Waals surface area contributed by atoms with E-state index in [-0.39, 0.29) is 19.5 Å². The van der Waals surface area contributed by atoms with Gasteiger partial charge in [-0.1, -0.05) is 26.3 Å². The topological polar surface area (TPSA) is 0 Å². The largest absolute Gasteiger partial charge is 0.137 e. The van der Waals surface area contributed by atoms with E-state index >= 15 is 0 Å². The minimum absolute atomic E-state index is 0. The molecular weight excluding hydrogens is 173 g/mol. The molecule has 0 aliphatic rings. The van der Waals surface area contributed by atoms with Gasteiger partial charge in [0, 0.05) is 19.5 Å². The van der Waals surface area contributed by atoms with Crippen LogP contribution in [0.2, 0.25) is 0 Å². The van der Waals surface area contributed by atoms with Gasteiger partial charge in [0.1, 0.15) is 0 Å². The average Bonchev–Trinajstić information content (AvgIpc) is 1.39. The first-order valence-corrected chi connectivity index (χ1v) is 1.41. The molecule has 0 N–H and O–H groups in total. The van der Waals surface area contributed by atoms with Crippen LogP contribution in [0.5, 0.6) is 0 Å². The van der Waals surface area contributed by atoms with E-state index < -0.39 is 0 Å². The van der Waals surface area contributed by atoms with Crippen molar-refractivity contribution in [1.82, 2.24) is 0 Å². The van der Waals surface area contributed by atoms with E-state index in [2.05, 4.69) is 37.8 Å². The molecule has 7 heavy (non-hydrogen) atoms. The molecule has 0 aromatic rings. The van der Waals surface area contributed by atoms with Crippen molar-refractivity contribution in [2.75, 3.05) is 0 Å². The smallest absolute Gasteiger partial charge is 0 e. The minimum Gasteiger partial charge on any atom is -0.137 e. The molecule has 0 spiro atoms. The van der Waals surface area contributed by atoms with Gasteiger partial charge in [-0.3, -0.25) is 0 Å². The second-order valence-electron chi connectivity index (χ2n) is 0.500. The third-order valence-electron chi connectivity index (χ3n) is 0. The molecule has 0 rings (SSSR count).